The zero-order valence-electron chi connectivity index (χ0n) is 20.8. The molecule has 0 unspecified atom stereocenters. The average Bonchev–Trinajstić information content (AvgIpc) is 3.36. The fraction of sp³-hybridized carbons (Fsp3) is 0.0690. The standard InChI is InChI=1S/C29H23ClN6O2S/c1-18-13-14-19(15-26(18)39(37,38)31-17-27-33-24-11-4-5-12-25(24)34-27)28-22-9-2-3-10-23(22)29(36-35-28)32-21-8-6-7-20(30)16-21/h2-16,31H,17H2,1H3,(H,32,36)(H,33,34). The van der Waals surface area contributed by atoms with Gasteiger partial charge in [-0.1, -0.05) is 66.2 Å². The van der Waals surface area contributed by atoms with Gasteiger partial charge in [-0.15, -0.1) is 10.2 Å². The second-order valence-electron chi connectivity index (χ2n) is 9.08. The summed E-state index contributed by atoms with van der Waals surface area (Å²) in [6, 6.07) is 27.9. The Kier molecular flexibility index (Phi) is 6.48. The third kappa shape index (κ3) is 5.07. The van der Waals surface area contributed by atoms with Crippen LogP contribution in [0.1, 0.15) is 11.4 Å². The van der Waals surface area contributed by atoms with Gasteiger partial charge in [0.1, 0.15) is 11.5 Å². The molecule has 0 amide bonds. The maximum absolute atomic E-state index is 13.4. The summed E-state index contributed by atoms with van der Waals surface area (Å²) in [6.07, 6.45) is 0. The molecule has 3 N–H and O–H groups in total. The molecule has 0 fully saturated rings. The van der Waals surface area contributed by atoms with Crippen molar-refractivity contribution in [1.82, 2.24) is 24.9 Å². The number of imidazole rings is 1. The Bertz CT molecular complexity index is 1920. The minimum absolute atomic E-state index is 0.0350. The van der Waals surface area contributed by atoms with Crippen molar-refractivity contribution in [2.75, 3.05) is 5.32 Å². The number of benzene rings is 4. The highest BCUT2D eigenvalue weighted by Crippen LogP contribution is 2.33. The third-order valence-corrected chi connectivity index (χ3v) is 8.17. The fourth-order valence-corrected chi connectivity index (χ4v) is 5.93. The molecule has 0 aliphatic heterocycles. The van der Waals surface area contributed by atoms with Gasteiger partial charge in [-0.25, -0.2) is 18.1 Å². The number of H-pyrrole nitrogens is 1. The maximum Gasteiger partial charge on any atom is 0.241 e. The molecule has 0 saturated heterocycles. The van der Waals surface area contributed by atoms with Crippen LogP contribution in [-0.2, 0) is 16.6 Å². The summed E-state index contributed by atoms with van der Waals surface area (Å²) in [7, 11) is -3.85. The highest BCUT2D eigenvalue weighted by molar-refractivity contribution is 7.89. The third-order valence-electron chi connectivity index (χ3n) is 6.39. The van der Waals surface area contributed by atoms with Crippen LogP contribution in [0.25, 0.3) is 33.1 Å². The molecular formula is C29H23ClN6O2S. The van der Waals surface area contributed by atoms with E-state index < -0.39 is 10.0 Å². The van der Waals surface area contributed by atoms with E-state index in [4.69, 9.17) is 11.6 Å². The molecule has 10 heteroatoms. The van der Waals surface area contributed by atoms with Crippen LogP contribution in [0.5, 0.6) is 0 Å². The van der Waals surface area contributed by atoms with E-state index >= 15 is 0 Å². The van der Waals surface area contributed by atoms with E-state index in [9.17, 15) is 8.42 Å². The highest BCUT2D eigenvalue weighted by atomic mass is 35.5. The van der Waals surface area contributed by atoms with E-state index in [0.29, 0.717) is 33.5 Å². The number of hydrogen-bond acceptors (Lipinski definition) is 6. The molecule has 0 saturated carbocycles. The van der Waals surface area contributed by atoms with Gasteiger partial charge < -0.3 is 10.3 Å². The van der Waals surface area contributed by atoms with Gasteiger partial charge in [0.2, 0.25) is 10.0 Å². The van der Waals surface area contributed by atoms with Crippen molar-refractivity contribution in [2.24, 2.45) is 0 Å². The zero-order chi connectivity index (χ0) is 27.0. The van der Waals surface area contributed by atoms with Gasteiger partial charge in [-0.05, 0) is 48.9 Å². The lowest BCUT2D eigenvalue weighted by Crippen LogP contribution is -2.24. The molecule has 0 radical (unpaired) electrons. The number of nitrogens with zero attached hydrogens (tertiary/aromatic N) is 3. The molecule has 0 atom stereocenters. The number of hydrogen-bond donors (Lipinski definition) is 3. The predicted octanol–water partition coefficient (Wildman–Crippen LogP) is 6.36. The summed E-state index contributed by atoms with van der Waals surface area (Å²) in [6.45, 7) is 1.80. The minimum Gasteiger partial charge on any atom is -0.341 e. The van der Waals surface area contributed by atoms with Crippen molar-refractivity contribution in [2.45, 2.75) is 18.4 Å². The maximum atomic E-state index is 13.4. The van der Waals surface area contributed by atoms with Crippen molar-refractivity contribution in [3.63, 3.8) is 0 Å². The molecule has 39 heavy (non-hydrogen) atoms. The Balaban J connectivity index is 1.33. The van der Waals surface area contributed by atoms with Crippen molar-refractivity contribution in [3.05, 3.63) is 107 Å². The summed E-state index contributed by atoms with van der Waals surface area (Å²) in [5.74, 6) is 1.11. The van der Waals surface area contributed by atoms with Crippen LogP contribution in [0.15, 0.2) is 95.9 Å². The van der Waals surface area contributed by atoms with Crippen LogP contribution in [0.4, 0.5) is 11.5 Å². The summed E-state index contributed by atoms with van der Waals surface area (Å²) in [5.41, 5.74) is 4.26. The minimum atomic E-state index is -3.85. The van der Waals surface area contributed by atoms with E-state index in [1.54, 1.807) is 31.2 Å². The molecule has 0 aliphatic carbocycles. The molecule has 2 heterocycles. The number of nitrogens with one attached hydrogen (secondary N) is 3. The van der Waals surface area contributed by atoms with E-state index in [-0.39, 0.29) is 11.4 Å². The van der Waals surface area contributed by atoms with Gasteiger partial charge in [0.25, 0.3) is 0 Å². The predicted molar refractivity (Wildman–Crippen MR) is 155 cm³/mol. The molecule has 4 aromatic carbocycles. The Morgan fingerprint density at radius 1 is 0.872 bits per heavy atom. The molecule has 6 aromatic rings. The van der Waals surface area contributed by atoms with Gasteiger partial charge in [0.05, 0.1) is 22.5 Å². The number of sulfonamides is 1. The lowest BCUT2D eigenvalue weighted by Gasteiger charge is -2.13. The van der Waals surface area contributed by atoms with Crippen molar-refractivity contribution in [1.29, 1.82) is 0 Å². The molecule has 0 spiro atoms. The summed E-state index contributed by atoms with van der Waals surface area (Å²) in [4.78, 5) is 7.78. The zero-order valence-corrected chi connectivity index (χ0v) is 22.4. The van der Waals surface area contributed by atoms with Crippen LogP contribution >= 0.6 is 11.6 Å². The van der Waals surface area contributed by atoms with Crippen LogP contribution in [0, 0.1) is 6.92 Å². The van der Waals surface area contributed by atoms with Crippen LogP contribution in [-0.4, -0.2) is 28.6 Å². The topological polar surface area (TPSA) is 113 Å². The normalized spacial score (nSPS) is 11.7. The lowest BCUT2D eigenvalue weighted by atomic mass is 10.0. The Hall–Kier alpha value is -4.31. The van der Waals surface area contributed by atoms with Crippen LogP contribution in [0.3, 0.4) is 0 Å². The first-order valence-corrected chi connectivity index (χ1v) is 14.1. The Labute approximate surface area is 230 Å². The van der Waals surface area contributed by atoms with Crippen LogP contribution in [0.2, 0.25) is 5.02 Å². The first-order valence-electron chi connectivity index (χ1n) is 12.2. The van der Waals surface area contributed by atoms with Gasteiger partial charge >= 0.3 is 0 Å². The Morgan fingerprint density at radius 3 is 2.49 bits per heavy atom. The van der Waals surface area contributed by atoms with Crippen LogP contribution < -0.4 is 10.0 Å². The molecule has 0 bridgehead atoms. The van der Waals surface area contributed by atoms with E-state index in [0.717, 1.165) is 27.5 Å². The molecule has 8 nitrogen and oxygen atoms in total. The largest absolute Gasteiger partial charge is 0.341 e. The molecular weight excluding hydrogens is 532 g/mol. The first kappa shape index (κ1) is 25.0. The molecule has 2 aromatic heterocycles. The van der Waals surface area contributed by atoms with Gasteiger partial charge in [0.15, 0.2) is 5.82 Å². The number of halogens is 1. The van der Waals surface area contributed by atoms with Gasteiger partial charge in [0, 0.05) is 27.0 Å². The van der Waals surface area contributed by atoms with Gasteiger partial charge in [-0.2, -0.15) is 0 Å². The summed E-state index contributed by atoms with van der Waals surface area (Å²) >= 11 is 6.14. The van der Waals surface area contributed by atoms with Crippen molar-refractivity contribution in [3.8, 4) is 11.3 Å². The fourth-order valence-electron chi connectivity index (χ4n) is 4.48. The monoisotopic (exact) mass is 554 g/mol. The number of fused-ring (bicyclic) bond motifs is 2. The first-order chi connectivity index (χ1) is 18.9. The number of anilines is 2. The SMILES string of the molecule is Cc1ccc(-c2nnc(Nc3cccc(Cl)c3)c3ccccc23)cc1S(=O)(=O)NCc1nc2ccccc2[nH]1. The molecule has 194 valence electrons. The molecule has 6 rings (SSSR count). The number of aromatic nitrogens is 4. The van der Waals surface area contributed by atoms with E-state index in [2.05, 4.69) is 30.2 Å². The number of aromatic amines is 1. The van der Waals surface area contributed by atoms with E-state index in [1.807, 2.05) is 66.7 Å². The second-order valence-corrected chi connectivity index (χ2v) is 11.3. The number of aryl methyl sites for hydroxylation is 1. The summed E-state index contributed by atoms with van der Waals surface area (Å²) < 4.78 is 29.4. The lowest BCUT2D eigenvalue weighted by molar-refractivity contribution is 0.579. The average molecular weight is 555 g/mol. The smallest absolute Gasteiger partial charge is 0.241 e. The van der Waals surface area contributed by atoms with E-state index in [1.165, 1.54) is 0 Å². The highest BCUT2D eigenvalue weighted by Gasteiger charge is 2.20. The molecule has 0 aliphatic rings. The quantitative estimate of drug-likeness (QED) is 0.212. The summed E-state index contributed by atoms with van der Waals surface area (Å²) in [5, 5.41) is 14.5. The Morgan fingerprint density at radius 2 is 1.67 bits per heavy atom. The van der Waals surface area contributed by atoms with Gasteiger partial charge in [-0.3, -0.25) is 0 Å². The van der Waals surface area contributed by atoms with Crippen molar-refractivity contribution < 1.29 is 8.42 Å². The van der Waals surface area contributed by atoms with Crippen molar-refractivity contribution >= 4 is 54.9 Å². The number of para-hydroxylation sites is 2. The number of rotatable bonds is 7. The second kappa shape index (κ2) is 10.1.